The van der Waals surface area contributed by atoms with Gasteiger partial charge in [0.05, 0.1) is 22.8 Å². The summed E-state index contributed by atoms with van der Waals surface area (Å²) < 4.78 is 7.42. The summed E-state index contributed by atoms with van der Waals surface area (Å²) in [6.07, 6.45) is 2.00. The van der Waals surface area contributed by atoms with Crippen LogP contribution in [-0.2, 0) is 4.79 Å². The lowest BCUT2D eigenvalue weighted by Gasteiger charge is -2.14. The van der Waals surface area contributed by atoms with Gasteiger partial charge in [-0.3, -0.25) is 9.59 Å². The van der Waals surface area contributed by atoms with Gasteiger partial charge in [-0.05, 0) is 53.2 Å². The maximum atomic E-state index is 13.0. The monoisotopic (exact) mass is 398 g/mol. The molecule has 1 unspecified atom stereocenters. The topological polar surface area (TPSA) is 110 Å². The van der Waals surface area contributed by atoms with Crippen LogP contribution in [-0.4, -0.2) is 37.8 Å². The number of aliphatic carboxylic acids is 1. The van der Waals surface area contributed by atoms with Crippen molar-refractivity contribution in [3.8, 4) is 11.3 Å². The van der Waals surface area contributed by atoms with Crippen LogP contribution >= 0.6 is 0 Å². The number of furan rings is 1. The van der Waals surface area contributed by atoms with E-state index in [-0.39, 0.29) is 24.4 Å². The fourth-order valence-electron chi connectivity index (χ4n) is 3.32. The number of carboxylic acid groups (broad SMARTS) is 1. The fraction of sp³-hybridized carbons (Fsp3) is 0.429. The van der Waals surface area contributed by atoms with Crippen LogP contribution in [0.4, 0.5) is 0 Å². The van der Waals surface area contributed by atoms with Crippen LogP contribution < -0.4 is 5.32 Å². The summed E-state index contributed by atoms with van der Waals surface area (Å²) in [6, 6.07) is 3.44. The lowest BCUT2D eigenvalue weighted by Crippen LogP contribution is -2.33. The molecule has 1 amide bonds. The first-order chi connectivity index (χ1) is 13.7. The Morgan fingerprint density at radius 2 is 1.97 bits per heavy atom. The van der Waals surface area contributed by atoms with Gasteiger partial charge in [-0.2, -0.15) is 5.10 Å². The zero-order chi connectivity index (χ0) is 21.3. The Bertz CT molecular complexity index is 1060. The van der Waals surface area contributed by atoms with Crippen molar-refractivity contribution < 1.29 is 19.1 Å². The molecule has 0 aliphatic heterocycles. The maximum absolute atomic E-state index is 13.0. The minimum Gasteiger partial charge on any atom is -0.481 e. The highest BCUT2D eigenvalue weighted by atomic mass is 16.4. The van der Waals surface area contributed by atoms with Gasteiger partial charge in [0.25, 0.3) is 5.91 Å². The normalized spacial score (nSPS) is 12.5. The van der Waals surface area contributed by atoms with Crippen molar-refractivity contribution in [3.05, 3.63) is 35.4 Å². The van der Waals surface area contributed by atoms with E-state index in [1.807, 2.05) is 33.8 Å². The van der Waals surface area contributed by atoms with Crippen LogP contribution in [0.15, 0.2) is 22.7 Å². The predicted octanol–water partition coefficient (Wildman–Crippen LogP) is 3.87. The van der Waals surface area contributed by atoms with Gasteiger partial charge in [0, 0.05) is 24.1 Å². The van der Waals surface area contributed by atoms with E-state index in [9.17, 15) is 9.59 Å². The quantitative estimate of drug-likeness (QED) is 0.625. The van der Waals surface area contributed by atoms with Crippen molar-refractivity contribution >= 4 is 22.9 Å². The molecule has 0 fully saturated rings. The second kappa shape index (κ2) is 8.06. The van der Waals surface area contributed by atoms with Gasteiger partial charge in [0.2, 0.25) is 0 Å². The molecule has 3 aromatic heterocycles. The molecule has 29 heavy (non-hydrogen) atoms. The highest BCUT2D eigenvalue weighted by Crippen LogP contribution is 2.30. The minimum absolute atomic E-state index is 0.00275. The summed E-state index contributed by atoms with van der Waals surface area (Å²) in [5.41, 5.74) is 2.54. The van der Waals surface area contributed by atoms with Crippen LogP contribution in [0.1, 0.15) is 61.5 Å². The molecule has 3 rings (SSSR count). The number of carbonyl (C=O) groups is 2. The Morgan fingerprint density at radius 1 is 1.24 bits per heavy atom. The molecule has 0 bridgehead atoms. The Kier molecular flexibility index (Phi) is 5.72. The number of nitrogens with zero attached hydrogens (tertiary/aromatic N) is 3. The molecular weight excluding hydrogens is 372 g/mol. The molecule has 0 spiro atoms. The van der Waals surface area contributed by atoms with Gasteiger partial charge in [-0.15, -0.1) is 0 Å². The van der Waals surface area contributed by atoms with Crippen molar-refractivity contribution in [2.75, 3.05) is 0 Å². The van der Waals surface area contributed by atoms with E-state index in [1.54, 1.807) is 23.9 Å². The predicted molar refractivity (Wildman–Crippen MR) is 109 cm³/mol. The van der Waals surface area contributed by atoms with Crippen LogP contribution in [0.2, 0.25) is 0 Å². The van der Waals surface area contributed by atoms with Gasteiger partial charge in [0.1, 0.15) is 11.5 Å². The number of carbonyl (C=O) groups excluding carboxylic acids is 1. The molecule has 154 valence electrons. The molecule has 1 atom stereocenters. The SMILES string of the molecule is Cc1cc(-c2cc(C(=O)NC(C)CCC(=O)O)c3cnn(C(C)C)c3n2)c(C)o1. The van der Waals surface area contributed by atoms with Crippen molar-refractivity contribution in [1.82, 2.24) is 20.1 Å². The number of aryl methyl sites for hydroxylation is 2. The van der Waals surface area contributed by atoms with Crippen molar-refractivity contribution in [3.63, 3.8) is 0 Å². The van der Waals surface area contributed by atoms with Crippen molar-refractivity contribution in [2.45, 2.75) is 59.5 Å². The number of nitrogens with one attached hydrogen (secondary N) is 1. The number of rotatable bonds is 7. The minimum atomic E-state index is -0.885. The van der Waals surface area contributed by atoms with E-state index in [0.717, 1.165) is 17.1 Å². The molecule has 2 N–H and O–H groups in total. The van der Waals surface area contributed by atoms with Gasteiger partial charge < -0.3 is 14.8 Å². The molecule has 0 radical (unpaired) electrons. The van der Waals surface area contributed by atoms with E-state index >= 15 is 0 Å². The standard InChI is InChI=1S/C21H26N4O4/c1-11(2)25-20-17(10-22-25)16(21(28)23-12(3)6-7-19(26)27)9-18(24-20)15-8-13(4)29-14(15)5/h8-12H,6-7H2,1-5H3,(H,23,28)(H,26,27). The second-order valence-electron chi connectivity index (χ2n) is 7.61. The largest absolute Gasteiger partial charge is 0.481 e. The summed E-state index contributed by atoms with van der Waals surface area (Å²) in [5.74, 6) is 0.331. The summed E-state index contributed by atoms with van der Waals surface area (Å²) in [6.45, 7) is 9.53. The highest BCUT2D eigenvalue weighted by molar-refractivity contribution is 6.06. The second-order valence-corrected chi connectivity index (χ2v) is 7.61. The smallest absolute Gasteiger partial charge is 0.303 e. The number of hydrogen-bond acceptors (Lipinski definition) is 5. The maximum Gasteiger partial charge on any atom is 0.303 e. The van der Waals surface area contributed by atoms with Crippen molar-refractivity contribution in [2.24, 2.45) is 0 Å². The lowest BCUT2D eigenvalue weighted by atomic mass is 10.1. The Morgan fingerprint density at radius 3 is 2.55 bits per heavy atom. The number of aromatic nitrogens is 3. The highest BCUT2D eigenvalue weighted by Gasteiger charge is 2.21. The van der Waals surface area contributed by atoms with E-state index in [1.165, 1.54) is 0 Å². The molecule has 0 aromatic carbocycles. The van der Waals surface area contributed by atoms with Gasteiger partial charge >= 0.3 is 5.97 Å². The Labute approximate surface area is 168 Å². The molecule has 0 aliphatic carbocycles. The summed E-state index contributed by atoms with van der Waals surface area (Å²) in [7, 11) is 0. The van der Waals surface area contributed by atoms with Crippen LogP contribution in [0.3, 0.4) is 0 Å². The number of hydrogen-bond donors (Lipinski definition) is 2. The molecule has 3 aromatic rings. The van der Waals surface area contributed by atoms with Crippen LogP contribution in [0.5, 0.6) is 0 Å². The van der Waals surface area contributed by atoms with Gasteiger partial charge in [-0.1, -0.05) is 0 Å². The zero-order valence-electron chi connectivity index (χ0n) is 17.3. The van der Waals surface area contributed by atoms with E-state index in [4.69, 9.17) is 14.5 Å². The molecule has 0 aliphatic rings. The first-order valence-corrected chi connectivity index (χ1v) is 9.65. The summed E-state index contributed by atoms with van der Waals surface area (Å²) >= 11 is 0. The third-order valence-electron chi connectivity index (χ3n) is 4.79. The average Bonchev–Trinajstić information content (AvgIpc) is 3.21. The van der Waals surface area contributed by atoms with E-state index < -0.39 is 5.97 Å². The number of carboxylic acids is 1. The molecule has 0 saturated carbocycles. The third kappa shape index (κ3) is 4.31. The first kappa shape index (κ1) is 20.6. The average molecular weight is 398 g/mol. The Balaban J connectivity index is 2.06. The molecule has 0 saturated heterocycles. The van der Waals surface area contributed by atoms with E-state index in [0.29, 0.717) is 28.7 Å². The fourth-order valence-corrected chi connectivity index (χ4v) is 3.32. The number of fused-ring (bicyclic) bond motifs is 1. The summed E-state index contributed by atoms with van der Waals surface area (Å²) in [4.78, 5) is 28.6. The third-order valence-corrected chi connectivity index (χ3v) is 4.79. The van der Waals surface area contributed by atoms with Crippen molar-refractivity contribution in [1.29, 1.82) is 0 Å². The molecule has 8 heteroatoms. The molecule has 8 nitrogen and oxygen atoms in total. The number of amides is 1. The zero-order valence-corrected chi connectivity index (χ0v) is 17.3. The van der Waals surface area contributed by atoms with Gasteiger partial charge in [0.15, 0.2) is 5.65 Å². The summed E-state index contributed by atoms with van der Waals surface area (Å²) in [5, 5.41) is 16.8. The molecule has 3 heterocycles. The molecular formula is C21H26N4O4. The van der Waals surface area contributed by atoms with Crippen LogP contribution in [0, 0.1) is 13.8 Å². The van der Waals surface area contributed by atoms with Crippen LogP contribution in [0.25, 0.3) is 22.3 Å². The lowest BCUT2D eigenvalue weighted by molar-refractivity contribution is -0.137. The Hall–Kier alpha value is -3.16. The van der Waals surface area contributed by atoms with Gasteiger partial charge in [-0.25, -0.2) is 9.67 Å². The first-order valence-electron chi connectivity index (χ1n) is 9.65. The number of pyridine rings is 1. The van der Waals surface area contributed by atoms with E-state index in [2.05, 4.69) is 10.4 Å².